The molecule has 12 heavy (non-hydrogen) atoms. The molecule has 1 radical (unpaired) electrons. The lowest BCUT2D eigenvalue weighted by atomic mass is 10.4. The Morgan fingerprint density at radius 3 is 2.17 bits per heavy atom. The molecular formula is C9H14NOS. The summed E-state index contributed by atoms with van der Waals surface area (Å²) in [5, 5.41) is 0. The lowest BCUT2D eigenvalue weighted by Gasteiger charge is -2.11. The molecular weight excluding hydrogens is 170 g/mol. The maximum absolute atomic E-state index is 11.3. The van der Waals surface area contributed by atoms with Crippen LogP contribution in [0, 0.1) is 0 Å². The second-order valence-electron chi connectivity index (χ2n) is 2.22. The van der Waals surface area contributed by atoms with E-state index in [1.807, 2.05) is 26.0 Å². The van der Waals surface area contributed by atoms with Gasteiger partial charge in [0.05, 0.1) is 0 Å². The topological polar surface area (TPSA) is 20.3 Å². The summed E-state index contributed by atoms with van der Waals surface area (Å²) in [5.74, 6) is 0.519. The third-order valence-electron chi connectivity index (χ3n) is 1.22. The fourth-order valence-corrected chi connectivity index (χ4v) is 0.928. The molecule has 0 fully saturated rings. The van der Waals surface area contributed by atoms with Crippen LogP contribution in [0.25, 0.3) is 0 Å². The number of amides is 1. The summed E-state index contributed by atoms with van der Waals surface area (Å²) in [7, 11) is 0. The SMILES string of the molecule is CC=CN(C=CC)C(=O)CC[S]. The van der Waals surface area contributed by atoms with E-state index in [9.17, 15) is 4.79 Å². The van der Waals surface area contributed by atoms with Gasteiger partial charge in [0.15, 0.2) is 0 Å². The quantitative estimate of drug-likeness (QED) is 0.657. The molecule has 0 aromatic rings. The maximum Gasteiger partial charge on any atom is 0.231 e. The first-order valence-corrected chi connectivity index (χ1v) is 4.49. The van der Waals surface area contributed by atoms with Gasteiger partial charge in [0.1, 0.15) is 0 Å². The first-order chi connectivity index (χ1) is 5.76. The molecule has 0 aromatic heterocycles. The molecule has 0 saturated carbocycles. The fraction of sp³-hybridized carbons (Fsp3) is 0.444. The Bertz CT molecular complexity index is 175. The summed E-state index contributed by atoms with van der Waals surface area (Å²) in [6.07, 6.45) is 7.52. The van der Waals surface area contributed by atoms with Gasteiger partial charge in [0.25, 0.3) is 0 Å². The molecule has 0 aromatic carbocycles. The molecule has 0 saturated heterocycles. The number of carbonyl (C=O) groups excluding carboxylic acids is 1. The predicted octanol–water partition coefficient (Wildman–Crippen LogP) is 2.47. The van der Waals surface area contributed by atoms with Crippen molar-refractivity contribution in [1.82, 2.24) is 4.90 Å². The highest BCUT2D eigenvalue weighted by atomic mass is 32.1. The number of hydrogen-bond acceptors (Lipinski definition) is 1. The molecule has 0 unspecified atom stereocenters. The van der Waals surface area contributed by atoms with E-state index in [-0.39, 0.29) is 5.91 Å². The average Bonchev–Trinajstić information content (AvgIpc) is 2.04. The van der Waals surface area contributed by atoms with Crippen LogP contribution in [0.15, 0.2) is 24.6 Å². The molecule has 0 aliphatic heterocycles. The van der Waals surface area contributed by atoms with E-state index in [0.29, 0.717) is 12.2 Å². The van der Waals surface area contributed by atoms with Gasteiger partial charge in [-0.25, -0.2) is 0 Å². The third kappa shape index (κ3) is 4.23. The van der Waals surface area contributed by atoms with Crippen molar-refractivity contribution in [2.24, 2.45) is 0 Å². The van der Waals surface area contributed by atoms with E-state index >= 15 is 0 Å². The van der Waals surface area contributed by atoms with Crippen molar-refractivity contribution in [2.75, 3.05) is 5.75 Å². The van der Waals surface area contributed by atoms with Crippen LogP contribution in [0.2, 0.25) is 0 Å². The van der Waals surface area contributed by atoms with Crippen molar-refractivity contribution in [1.29, 1.82) is 0 Å². The van der Waals surface area contributed by atoms with E-state index in [2.05, 4.69) is 0 Å². The molecule has 1 amide bonds. The number of nitrogens with zero attached hydrogens (tertiary/aromatic N) is 1. The minimum Gasteiger partial charge on any atom is -0.295 e. The summed E-state index contributed by atoms with van der Waals surface area (Å²) >= 11 is 4.72. The molecule has 0 aliphatic carbocycles. The zero-order valence-electron chi connectivity index (χ0n) is 7.49. The van der Waals surface area contributed by atoms with Gasteiger partial charge in [-0.3, -0.25) is 9.69 Å². The van der Waals surface area contributed by atoms with Crippen molar-refractivity contribution in [2.45, 2.75) is 20.3 Å². The zero-order valence-corrected chi connectivity index (χ0v) is 8.30. The fourth-order valence-electron chi connectivity index (χ4n) is 0.754. The summed E-state index contributed by atoms with van der Waals surface area (Å²) in [4.78, 5) is 12.8. The Labute approximate surface area is 79.4 Å². The van der Waals surface area contributed by atoms with Gasteiger partial charge in [-0.05, 0) is 13.8 Å². The monoisotopic (exact) mass is 184 g/mol. The van der Waals surface area contributed by atoms with E-state index < -0.39 is 0 Å². The summed E-state index contributed by atoms with van der Waals surface area (Å²) in [6.45, 7) is 3.74. The van der Waals surface area contributed by atoms with Crippen LogP contribution < -0.4 is 0 Å². The first kappa shape index (κ1) is 11.3. The summed E-state index contributed by atoms with van der Waals surface area (Å²) < 4.78 is 0. The molecule has 0 heterocycles. The Morgan fingerprint density at radius 2 is 1.83 bits per heavy atom. The van der Waals surface area contributed by atoms with E-state index in [4.69, 9.17) is 12.6 Å². The van der Waals surface area contributed by atoms with Gasteiger partial charge in [-0.15, -0.1) is 0 Å². The van der Waals surface area contributed by atoms with Crippen LogP contribution in [-0.4, -0.2) is 16.6 Å². The normalized spacial score (nSPS) is 11.2. The highest BCUT2D eigenvalue weighted by Gasteiger charge is 2.04. The van der Waals surface area contributed by atoms with Gasteiger partial charge in [0.2, 0.25) is 5.91 Å². The van der Waals surface area contributed by atoms with Crippen LogP contribution >= 0.6 is 12.6 Å². The number of carbonyl (C=O) groups is 1. The van der Waals surface area contributed by atoms with Crippen LogP contribution in [0.4, 0.5) is 0 Å². The number of hydrogen-bond donors (Lipinski definition) is 0. The molecule has 0 N–H and O–H groups in total. The standard InChI is InChI=1S/C9H14NOS/c1-3-6-10(7-4-2)9(11)5-8-12/h3-4,6-7H,5,8H2,1-2H3. The summed E-state index contributed by atoms with van der Waals surface area (Å²) in [5.41, 5.74) is 0. The highest BCUT2D eigenvalue weighted by molar-refractivity contribution is 7.80. The lowest BCUT2D eigenvalue weighted by Crippen LogP contribution is -2.19. The minimum absolute atomic E-state index is 0.0428. The summed E-state index contributed by atoms with van der Waals surface area (Å²) in [6, 6.07) is 0. The van der Waals surface area contributed by atoms with E-state index in [0.717, 1.165) is 0 Å². The largest absolute Gasteiger partial charge is 0.295 e. The number of rotatable bonds is 4. The van der Waals surface area contributed by atoms with Crippen LogP contribution in [0.3, 0.4) is 0 Å². The molecule has 67 valence electrons. The second-order valence-corrected chi connectivity index (χ2v) is 2.63. The number of allylic oxidation sites excluding steroid dienone is 2. The molecule has 0 spiro atoms. The van der Waals surface area contributed by atoms with Crippen LogP contribution in [-0.2, 0) is 4.79 Å². The first-order valence-electron chi connectivity index (χ1n) is 3.91. The molecule has 3 heteroatoms. The zero-order chi connectivity index (χ0) is 9.40. The average molecular weight is 184 g/mol. The minimum atomic E-state index is 0.0428. The third-order valence-corrected chi connectivity index (χ3v) is 1.43. The Morgan fingerprint density at radius 1 is 1.33 bits per heavy atom. The second kappa shape index (κ2) is 6.98. The van der Waals surface area contributed by atoms with E-state index in [1.165, 1.54) is 0 Å². The molecule has 0 rings (SSSR count). The molecule has 2 nitrogen and oxygen atoms in total. The molecule has 0 bridgehead atoms. The maximum atomic E-state index is 11.3. The van der Waals surface area contributed by atoms with Crippen molar-refractivity contribution in [3.63, 3.8) is 0 Å². The van der Waals surface area contributed by atoms with Gasteiger partial charge in [-0.2, -0.15) is 0 Å². The van der Waals surface area contributed by atoms with Gasteiger partial charge < -0.3 is 0 Å². The van der Waals surface area contributed by atoms with Crippen molar-refractivity contribution < 1.29 is 4.79 Å². The smallest absolute Gasteiger partial charge is 0.231 e. The Hall–Kier alpha value is -0.700. The van der Waals surface area contributed by atoms with Gasteiger partial charge in [-0.1, -0.05) is 24.8 Å². The van der Waals surface area contributed by atoms with Crippen LogP contribution in [0.5, 0.6) is 0 Å². The Kier molecular flexibility index (Phi) is 6.57. The highest BCUT2D eigenvalue weighted by Crippen LogP contribution is 1.98. The molecule has 0 atom stereocenters. The predicted molar refractivity (Wildman–Crippen MR) is 53.5 cm³/mol. The van der Waals surface area contributed by atoms with Crippen molar-refractivity contribution >= 4 is 18.5 Å². The van der Waals surface area contributed by atoms with Crippen molar-refractivity contribution in [3.05, 3.63) is 24.6 Å². The van der Waals surface area contributed by atoms with Gasteiger partial charge >= 0.3 is 0 Å². The van der Waals surface area contributed by atoms with Crippen LogP contribution in [0.1, 0.15) is 20.3 Å². The van der Waals surface area contributed by atoms with Crippen molar-refractivity contribution in [3.8, 4) is 0 Å². The van der Waals surface area contributed by atoms with Gasteiger partial charge in [0, 0.05) is 24.6 Å². The molecule has 0 aliphatic rings. The van der Waals surface area contributed by atoms with E-state index in [1.54, 1.807) is 17.3 Å². The lowest BCUT2D eigenvalue weighted by molar-refractivity contribution is -0.126. The Balaban J connectivity index is 4.18.